The fourth-order valence-electron chi connectivity index (χ4n) is 2.25. The summed E-state index contributed by atoms with van der Waals surface area (Å²) in [5, 5.41) is 28.7. The van der Waals surface area contributed by atoms with E-state index in [1.807, 2.05) is 24.3 Å². The van der Waals surface area contributed by atoms with E-state index in [4.69, 9.17) is 5.26 Å². The van der Waals surface area contributed by atoms with Gasteiger partial charge in [-0.05, 0) is 18.6 Å². The summed E-state index contributed by atoms with van der Waals surface area (Å²) in [5.41, 5.74) is 1.47. The Morgan fingerprint density at radius 3 is 1.79 bits per heavy atom. The fourth-order valence-corrected chi connectivity index (χ4v) is 2.25. The predicted molar refractivity (Wildman–Crippen MR) is 72.9 cm³/mol. The molecule has 96 valence electrons. The van der Waals surface area contributed by atoms with Crippen molar-refractivity contribution in [2.45, 2.75) is 18.8 Å². The molecule has 0 bridgehead atoms. The van der Waals surface area contributed by atoms with Gasteiger partial charge >= 0.3 is 0 Å². The number of rotatable bonds is 4. The summed E-state index contributed by atoms with van der Waals surface area (Å²) < 4.78 is 0. The van der Waals surface area contributed by atoms with Crippen LogP contribution in [0.3, 0.4) is 0 Å². The highest BCUT2D eigenvalue weighted by atomic mass is 16.3. The predicted octanol–water partition coefficient (Wildman–Crippen LogP) is 3.53. The molecule has 3 heteroatoms. The van der Waals surface area contributed by atoms with Crippen molar-refractivity contribution >= 4 is 0 Å². The van der Waals surface area contributed by atoms with Crippen LogP contribution in [0, 0.1) is 11.3 Å². The van der Waals surface area contributed by atoms with E-state index < -0.39 is 0 Å². The number of aromatic hydroxyl groups is 2. The van der Waals surface area contributed by atoms with Crippen LogP contribution in [0.2, 0.25) is 0 Å². The van der Waals surface area contributed by atoms with Crippen LogP contribution in [0.1, 0.15) is 29.9 Å². The highest BCUT2D eigenvalue weighted by molar-refractivity contribution is 5.45. The second-order valence-electron chi connectivity index (χ2n) is 4.37. The zero-order valence-electron chi connectivity index (χ0n) is 10.5. The lowest BCUT2D eigenvalue weighted by molar-refractivity contribution is 0.451. The Balaban J connectivity index is 2.46. The summed E-state index contributed by atoms with van der Waals surface area (Å²) in [6, 6.07) is 16.2. The van der Waals surface area contributed by atoms with Crippen LogP contribution >= 0.6 is 0 Å². The average molecular weight is 253 g/mol. The van der Waals surface area contributed by atoms with Crippen molar-refractivity contribution in [2.24, 2.45) is 0 Å². The molecule has 0 heterocycles. The molecule has 0 radical (unpaired) electrons. The van der Waals surface area contributed by atoms with Gasteiger partial charge in [0.1, 0.15) is 11.5 Å². The van der Waals surface area contributed by atoms with Crippen molar-refractivity contribution in [1.82, 2.24) is 0 Å². The van der Waals surface area contributed by atoms with Crippen LogP contribution in [-0.4, -0.2) is 10.2 Å². The van der Waals surface area contributed by atoms with E-state index >= 15 is 0 Å². The van der Waals surface area contributed by atoms with Crippen LogP contribution in [0.15, 0.2) is 48.5 Å². The van der Waals surface area contributed by atoms with Gasteiger partial charge in [0.2, 0.25) is 0 Å². The molecule has 0 amide bonds. The number of hydrogen-bond acceptors (Lipinski definition) is 3. The van der Waals surface area contributed by atoms with Gasteiger partial charge in [-0.15, -0.1) is 0 Å². The number of benzene rings is 2. The van der Waals surface area contributed by atoms with Crippen LogP contribution in [0.25, 0.3) is 0 Å². The van der Waals surface area contributed by atoms with Gasteiger partial charge in [0.25, 0.3) is 0 Å². The number of para-hydroxylation sites is 2. The Labute approximate surface area is 112 Å². The third kappa shape index (κ3) is 2.86. The van der Waals surface area contributed by atoms with Crippen LogP contribution in [-0.2, 0) is 0 Å². The number of hydrogen-bond donors (Lipinski definition) is 2. The smallest absolute Gasteiger partial charge is 0.119 e. The molecule has 0 unspecified atom stereocenters. The number of nitriles is 1. The summed E-state index contributed by atoms with van der Waals surface area (Å²) in [4.78, 5) is 0. The van der Waals surface area contributed by atoms with Crippen molar-refractivity contribution < 1.29 is 10.2 Å². The van der Waals surface area contributed by atoms with Gasteiger partial charge in [-0.3, -0.25) is 0 Å². The maximum atomic E-state index is 9.97. The Hall–Kier alpha value is -2.47. The number of nitrogens with zero attached hydrogens (tertiary/aromatic N) is 1. The van der Waals surface area contributed by atoms with Crippen molar-refractivity contribution in [3.63, 3.8) is 0 Å². The lowest BCUT2D eigenvalue weighted by Crippen LogP contribution is -2.02. The molecule has 3 nitrogen and oxygen atoms in total. The average Bonchev–Trinajstić information content (AvgIpc) is 2.42. The zero-order valence-corrected chi connectivity index (χ0v) is 10.5. The zero-order chi connectivity index (χ0) is 13.7. The van der Waals surface area contributed by atoms with Gasteiger partial charge < -0.3 is 10.2 Å². The summed E-state index contributed by atoms with van der Waals surface area (Å²) in [6.07, 6.45) is 0.930. The van der Waals surface area contributed by atoms with E-state index in [0.717, 1.165) is 11.1 Å². The van der Waals surface area contributed by atoms with E-state index in [2.05, 4.69) is 6.07 Å². The van der Waals surface area contributed by atoms with Crippen LogP contribution in [0.4, 0.5) is 0 Å². The first-order valence-corrected chi connectivity index (χ1v) is 6.16. The first kappa shape index (κ1) is 13.0. The highest BCUT2D eigenvalue weighted by Gasteiger charge is 2.19. The molecule has 2 aromatic carbocycles. The van der Waals surface area contributed by atoms with Gasteiger partial charge in [-0.2, -0.15) is 5.26 Å². The van der Waals surface area contributed by atoms with E-state index in [1.165, 1.54) is 0 Å². The van der Waals surface area contributed by atoms with Gasteiger partial charge in [0, 0.05) is 23.5 Å². The first-order chi connectivity index (χ1) is 9.24. The summed E-state index contributed by atoms with van der Waals surface area (Å²) >= 11 is 0. The molecule has 0 aliphatic heterocycles. The summed E-state index contributed by atoms with van der Waals surface area (Å²) in [6.45, 7) is 0. The SMILES string of the molecule is N#CCCC(c1ccccc1O)c1ccccc1O. The Kier molecular flexibility index (Phi) is 4.04. The van der Waals surface area contributed by atoms with Crippen molar-refractivity contribution in [2.75, 3.05) is 0 Å². The molecule has 0 aromatic heterocycles. The van der Waals surface area contributed by atoms with Crippen molar-refractivity contribution in [3.8, 4) is 17.6 Å². The maximum absolute atomic E-state index is 9.97. The fraction of sp³-hybridized carbons (Fsp3) is 0.188. The Morgan fingerprint density at radius 2 is 1.37 bits per heavy atom. The molecule has 0 saturated carbocycles. The second-order valence-corrected chi connectivity index (χ2v) is 4.37. The van der Waals surface area contributed by atoms with Crippen molar-refractivity contribution in [3.05, 3.63) is 59.7 Å². The standard InChI is InChI=1S/C16H15NO2/c17-11-5-8-12(13-6-1-3-9-15(13)18)14-7-2-4-10-16(14)19/h1-4,6-7,9-10,12,18-19H,5,8H2. The molecule has 0 aliphatic carbocycles. The third-order valence-corrected chi connectivity index (χ3v) is 3.17. The minimum atomic E-state index is -0.179. The summed E-state index contributed by atoms with van der Waals surface area (Å²) in [7, 11) is 0. The Morgan fingerprint density at radius 1 is 0.895 bits per heavy atom. The second kappa shape index (κ2) is 5.92. The molecule has 0 saturated heterocycles. The van der Waals surface area contributed by atoms with E-state index in [0.29, 0.717) is 12.8 Å². The third-order valence-electron chi connectivity index (χ3n) is 3.17. The lowest BCUT2D eigenvalue weighted by Gasteiger charge is -2.19. The molecule has 0 fully saturated rings. The van der Waals surface area contributed by atoms with Gasteiger partial charge in [0.15, 0.2) is 0 Å². The van der Waals surface area contributed by atoms with E-state index in [-0.39, 0.29) is 17.4 Å². The quantitative estimate of drug-likeness (QED) is 0.876. The van der Waals surface area contributed by atoms with Gasteiger partial charge in [0.05, 0.1) is 6.07 Å². The monoisotopic (exact) mass is 253 g/mol. The minimum absolute atomic E-state index is 0.179. The first-order valence-electron chi connectivity index (χ1n) is 6.16. The molecule has 2 N–H and O–H groups in total. The minimum Gasteiger partial charge on any atom is -0.508 e. The molecule has 19 heavy (non-hydrogen) atoms. The number of phenolic OH excluding ortho intramolecular Hbond substituents is 2. The molecule has 0 aliphatic rings. The van der Waals surface area contributed by atoms with Crippen LogP contribution in [0.5, 0.6) is 11.5 Å². The molecular weight excluding hydrogens is 238 g/mol. The van der Waals surface area contributed by atoms with Gasteiger partial charge in [-0.25, -0.2) is 0 Å². The summed E-state index contributed by atoms with van der Waals surface area (Å²) in [5.74, 6) is 0.199. The van der Waals surface area contributed by atoms with E-state index in [9.17, 15) is 10.2 Å². The largest absolute Gasteiger partial charge is 0.508 e. The van der Waals surface area contributed by atoms with Crippen molar-refractivity contribution in [1.29, 1.82) is 5.26 Å². The topological polar surface area (TPSA) is 64.2 Å². The molecule has 2 rings (SSSR count). The maximum Gasteiger partial charge on any atom is 0.119 e. The lowest BCUT2D eigenvalue weighted by atomic mass is 9.86. The molecular formula is C16H15NO2. The molecule has 0 spiro atoms. The normalized spacial score (nSPS) is 10.3. The Bertz CT molecular complexity index is 556. The molecule has 2 aromatic rings. The van der Waals surface area contributed by atoms with E-state index in [1.54, 1.807) is 24.3 Å². The highest BCUT2D eigenvalue weighted by Crippen LogP contribution is 2.38. The van der Waals surface area contributed by atoms with Gasteiger partial charge in [-0.1, -0.05) is 36.4 Å². The molecule has 0 atom stereocenters. The number of phenols is 2. The van der Waals surface area contributed by atoms with Crippen LogP contribution < -0.4 is 0 Å².